The van der Waals surface area contributed by atoms with Gasteiger partial charge in [-0.1, -0.05) is 0 Å². The van der Waals surface area contributed by atoms with E-state index in [2.05, 4.69) is 20.8 Å². The topological polar surface area (TPSA) is 40.6 Å². The average Bonchev–Trinajstić information content (AvgIpc) is 2.32. The molecule has 0 heterocycles. The molecule has 21 heavy (non-hydrogen) atoms. The van der Waals surface area contributed by atoms with Gasteiger partial charge in [0.05, 0.1) is 4.90 Å². The molecule has 4 nitrogen and oxygen atoms in total. The molecule has 0 N–H and O–H groups in total. The van der Waals surface area contributed by atoms with Crippen LogP contribution in [0.15, 0.2) is 27.6 Å². The highest BCUT2D eigenvalue weighted by molar-refractivity contribution is 9.10. The van der Waals surface area contributed by atoms with Gasteiger partial charge in [-0.2, -0.15) is 4.31 Å². The first-order valence-corrected chi connectivity index (χ1v) is 9.01. The number of sulfonamides is 1. The van der Waals surface area contributed by atoms with Crippen LogP contribution in [0.25, 0.3) is 0 Å². The summed E-state index contributed by atoms with van der Waals surface area (Å²) in [6.07, 6.45) is 3.10. The molecule has 0 unspecified atom stereocenters. The van der Waals surface area contributed by atoms with E-state index >= 15 is 0 Å². The van der Waals surface area contributed by atoms with E-state index in [4.69, 9.17) is 0 Å². The van der Waals surface area contributed by atoms with Crippen LogP contribution < -0.4 is 0 Å². The first-order valence-electron chi connectivity index (χ1n) is 6.78. The second kappa shape index (κ2) is 5.95. The quantitative estimate of drug-likeness (QED) is 0.790. The van der Waals surface area contributed by atoms with Crippen LogP contribution >= 0.6 is 15.9 Å². The summed E-state index contributed by atoms with van der Waals surface area (Å²) in [7, 11) is 1.90. The Morgan fingerprint density at radius 3 is 2.33 bits per heavy atom. The van der Waals surface area contributed by atoms with Crippen molar-refractivity contribution in [1.82, 2.24) is 9.21 Å². The Morgan fingerprint density at radius 2 is 1.90 bits per heavy atom. The summed E-state index contributed by atoms with van der Waals surface area (Å²) in [6.45, 7) is 0.437. The van der Waals surface area contributed by atoms with Crippen LogP contribution in [0.1, 0.15) is 19.3 Å². The van der Waals surface area contributed by atoms with Gasteiger partial charge in [-0.3, -0.25) is 0 Å². The molecule has 1 aromatic carbocycles. The molecule has 0 aromatic heterocycles. The van der Waals surface area contributed by atoms with E-state index in [1.165, 1.54) is 16.4 Å². The minimum Gasteiger partial charge on any atom is -0.302 e. The molecule has 0 amide bonds. The van der Waals surface area contributed by atoms with Crippen molar-refractivity contribution in [1.29, 1.82) is 0 Å². The van der Waals surface area contributed by atoms with E-state index < -0.39 is 15.8 Å². The van der Waals surface area contributed by atoms with E-state index in [-0.39, 0.29) is 14.9 Å². The Labute approximate surface area is 134 Å². The smallest absolute Gasteiger partial charge is 0.244 e. The van der Waals surface area contributed by atoms with Crippen molar-refractivity contribution in [2.75, 3.05) is 27.7 Å². The molecule has 0 spiro atoms. The largest absolute Gasteiger partial charge is 0.302 e. The van der Waals surface area contributed by atoms with Crippen LogP contribution in [0.4, 0.5) is 4.39 Å². The summed E-state index contributed by atoms with van der Waals surface area (Å²) in [4.78, 5) is 2.20. The molecule has 2 rings (SSSR count). The number of benzene rings is 1. The van der Waals surface area contributed by atoms with Crippen molar-refractivity contribution in [3.8, 4) is 0 Å². The van der Waals surface area contributed by atoms with Gasteiger partial charge in [-0.25, -0.2) is 12.8 Å². The highest BCUT2D eigenvalue weighted by Gasteiger charge is 2.42. The van der Waals surface area contributed by atoms with Gasteiger partial charge in [0.25, 0.3) is 0 Å². The molecule has 0 aliphatic heterocycles. The van der Waals surface area contributed by atoms with Crippen LogP contribution in [-0.4, -0.2) is 50.8 Å². The van der Waals surface area contributed by atoms with Gasteiger partial charge in [-0.05, 0) is 67.5 Å². The van der Waals surface area contributed by atoms with Crippen molar-refractivity contribution in [3.05, 3.63) is 28.5 Å². The maximum absolute atomic E-state index is 13.1. The van der Waals surface area contributed by atoms with E-state index in [1.54, 1.807) is 7.05 Å². The SMILES string of the molecule is CN(C)C1(CN(C)S(=O)(=O)c2ccc(F)cc2Br)CCC1. The lowest BCUT2D eigenvalue weighted by atomic mass is 9.75. The molecule has 1 fully saturated rings. The first-order chi connectivity index (χ1) is 9.69. The molecule has 1 aliphatic carbocycles. The summed E-state index contributed by atoms with van der Waals surface area (Å²) >= 11 is 3.13. The Morgan fingerprint density at radius 1 is 1.29 bits per heavy atom. The third-order valence-electron chi connectivity index (χ3n) is 4.33. The molecule has 0 atom stereocenters. The van der Waals surface area contributed by atoms with Gasteiger partial charge in [0.2, 0.25) is 10.0 Å². The lowest BCUT2D eigenvalue weighted by Crippen LogP contribution is -2.57. The van der Waals surface area contributed by atoms with Gasteiger partial charge < -0.3 is 4.90 Å². The molecular weight excluding hydrogens is 359 g/mol. The maximum Gasteiger partial charge on any atom is 0.244 e. The predicted molar refractivity (Wildman–Crippen MR) is 84.2 cm³/mol. The van der Waals surface area contributed by atoms with Crippen molar-refractivity contribution in [2.24, 2.45) is 0 Å². The summed E-state index contributed by atoms with van der Waals surface area (Å²) in [6, 6.07) is 3.64. The molecule has 0 bridgehead atoms. The fourth-order valence-corrected chi connectivity index (χ4v) is 4.94. The number of hydrogen-bond acceptors (Lipinski definition) is 3. The molecule has 118 valence electrons. The van der Waals surface area contributed by atoms with Gasteiger partial charge in [0.1, 0.15) is 5.82 Å². The summed E-state index contributed by atoms with van der Waals surface area (Å²) in [5, 5.41) is 0. The van der Waals surface area contributed by atoms with Crippen LogP contribution in [0.5, 0.6) is 0 Å². The summed E-state index contributed by atoms with van der Waals surface area (Å²) in [5.41, 5.74) is -0.0890. The fourth-order valence-electron chi connectivity index (χ4n) is 2.68. The van der Waals surface area contributed by atoms with Gasteiger partial charge >= 0.3 is 0 Å². The second-order valence-corrected chi connectivity index (χ2v) is 8.68. The minimum atomic E-state index is -3.64. The van der Waals surface area contributed by atoms with Gasteiger partial charge in [-0.15, -0.1) is 0 Å². The van der Waals surface area contributed by atoms with Crippen LogP contribution in [0, 0.1) is 5.82 Å². The standard InChI is InChI=1S/C14H20BrFN2O2S/c1-17(2)14(7-4-8-14)10-18(3)21(19,20)13-6-5-11(16)9-12(13)15/h5-6,9H,4,7-8,10H2,1-3H3. The summed E-state index contributed by atoms with van der Waals surface area (Å²) < 4.78 is 40.1. The molecule has 0 radical (unpaired) electrons. The highest BCUT2D eigenvalue weighted by Crippen LogP contribution is 2.38. The predicted octanol–water partition coefficient (Wildman–Crippen LogP) is 2.69. The van der Waals surface area contributed by atoms with Gasteiger partial charge in [0, 0.05) is 23.6 Å². The Bertz CT molecular complexity index is 630. The van der Waals surface area contributed by atoms with Crippen molar-refractivity contribution < 1.29 is 12.8 Å². The number of rotatable bonds is 5. The molecule has 0 saturated heterocycles. The van der Waals surface area contributed by atoms with Crippen LogP contribution in [0.3, 0.4) is 0 Å². The normalized spacial score (nSPS) is 18.0. The number of hydrogen-bond donors (Lipinski definition) is 0. The molecular formula is C14H20BrFN2O2S. The van der Waals surface area contributed by atoms with Crippen molar-refractivity contribution in [2.45, 2.75) is 29.7 Å². The maximum atomic E-state index is 13.1. The second-order valence-electron chi connectivity index (χ2n) is 5.81. The van der Waals surface area contributed by atoms with E-state index in [1.807, 2.05) is 14.1 Å². The molecule has 7 heteroatoms. The lowest BCUT2D eigenvalue weighted by Gasteiger charge is -2.49. The zero-order valence-corrected chi connectivity index (χ0v) is 14.8. The Kier molecular flexibility index (Phi) is 4.78. The van der Waals surface area contributed by atoms with E-state index in [9.17, 15) is 12.8 Å². The Hall–Kier alpha value is -0.500. The zero-order chi connectivity index (χ0) is 15.8. The van der Waals surface area contributed by atoms with E-state index in [0.29, 0.717) is 6.54 Å². The number of halogens is 2. The first kappa shape index (κ1) is 16.9. The fraction of sp³-hybridized carbons (Fsp3) is 0.571. The van der Waals surface area contributed by atoms with Crippen LogP contribution in [-0.2, 0) is 10.0 Å². The van der Waals surface area contributed by atoms with Crippen LogP contribution in [0.2, 0.25) is 0 Å². The number of likely N-dealkylation sites (N-methyl/N-ethyl adjacent to an activating group) is 2. The minimum absolute atomic E-state index is 0.0890. The lowest BCUT2D eigenvalue weighted by molar-refractivity contribution is 0.0455. The third kappa shape index (κ3) is 3.16. The van der Waals surface area contributed by atoms with Gasteiger partial charge in [0.15, 0.2) is 0 Å². The Balaban J connectivity index is 2.27. The van der Waals surface area contributed by atoms with E-state index in [0.717, 1.165) is 25.3 Å². The zero-order valence-electron chi connectivity index (χ0n) is 12.4. The average molecular weight is 379 g/mol. The van der Waals surface area contributed by atoms with Crippen molar-refractivity contribution in [3.63, 3.8) is 0 Å². The monoisotopic (exact) mass is 378 g/mol. The molecule has 1 aromatic rings. The number of nitrogens with zero attached hydrogens (tertiary/aromatic N) is 2. The third-order valence-corrected chi connectivity index (χ3v) is 7.11. The summed E-state index contributed by atoms with van der Waals surface area (Å²) in [5.74, 6) is -0.466. The molecule has 1 aliphatic rings. The van der Waals surface area contributed by atoms with Crippen molar-refractivity contribution >= 4 is 26.0 Å². The highest BCUT2D eigenvalue weighted by atomic mass is 79.9. The molecule has 1 saturated carbocycles.